The van der Waals surface area contributed by atoms with Gasteiger partial charge < -0.3 is 15.1 Å². The van der Waals surface area contributed by atoms with Gasteiger partial charge in [-0.3, -0.25) is 0 Å². The van der Waals surface area contributed by atoms with Crippen LogP contribution in [0.5, 0.6) is 0 Å². The number of piperidine rings is 1. The fraction of sp³-hybridized carbons (Fsp3) is 0.647. The van der Waals surface area contributed by atoms with Crippen molar-refractivity contribution in [3.63, 3.8) is 0 Å². The summed E-state index contributed by atoms with van der Waals surface area (Å²) in [5.41, 5.74) is 1.25. The van der Waals surface area contributed by atoms with Crippen molar-refractivity contribution in [1.82, 2.24) is 5.32 Å². The van der Waals surface area contributed by atoms with Gasteiger partial charge in [-0.25, -0.2) is 4.39 Å². The number of halogens is 1. The van der Waals surface area contributed by atoms with E-state index in [9.17, 15) is 4.39 Å². The summed E-state index contributed by atoms with van der Waals surface area (Å²) in [5, 5.41) is 6.83. The molecule has 0 aliphatic carbocycles. The Labute approximate surface area is 135 Å². The van der Waals surface area contributed by atoms with E-state index in [0.717, 1.165) is 25.9 Å². The molecule has 0 spiro atoms. The van der Waals surface area contributed by atoms with E-state index in [1.165, 1.54) is 0 Å². The summed E-state index contributed by atoms with van der Waals surface area (Å²) in [7, 11) is -0.954. The second-order valence-corrected chi connectivity index (χ2v) is 9.94. The molecule has 0 atom stereocenters. The number of hydrogen-bond acceptors (Lipinski definition) is 3. The topological polar surface area (TPSA) is 33.3 Å². The minimum absolute atomic E-state index is 0.159. The molecule has 22 heavy (non-hydrogen) atoms. The third-order valence-corrected chi connectivity index (χ3v) is 6.97. The quantitative estimate of drug-likeness (QED) is 0.806. The van der Waals surface area contributed by atoms with Gasteiger partial charge in [0.15, 0.2) is 5.82 Å². The van der Waals surface area contributed by atoms with Gasteiger partial charge in [0.25, 0.3) is 0 Å². The molecular formula is C17H28FN2OSi. The Balaban J connectivity index is 1.99. The lowest BCUT2D eigenvalue weighted by atomic mass is 10.1. The van der Waals surface area contributed by atoms with Crippen molar-refractivity contribution in [3.05, 3.63) is 29.6 Å². The highest BCUT2D eigenvalue weighted by Gasteiger charge is 2.24. The first-order valence-electron chi connectivity index (χ1n) is 8.09. The Morgan fingerprint density at radius 2 is 2.00 bits per heavy atom. The van der Waals surface area contributed by atoms with Crippen LogP contribution in [0.2, 0.25) is 11.6 Å². The Bertz CT molecular complexity index is 484. The lowest BCUT2D eigenvalue weighted by molar-refractivity contribution is 0.288. The standard InChI is InChI=1S/C17H28FN2OSi/c1-17(2,3)22(4)21-12-13-6-5-7-15(16(13)18)20-14-8-10-19-11-9-14/h5-7,14,19-20H,8-12H2,1-4H3. The molecule has 0 amide bonds. The van der Waals surface area contributed by atoms with Crippen molar-refractivity contribution in [2.75, 3.05) is 18.4 Å². The summed E-state index contributed by atoms with van der Waals surface area (Å²) in [4.78, 5) is 0. The van der Waals surface area contributed by atoms with E-state index >= 15 is 0 Å². The van der Waals surface area contributed by atoms with Crippen molar-refractivity contribution in [2.24, 2.45) is 0 Å². The normalized spacial score (nSPS) is 17.0. The Kier molecular flexibility index (Phi) is 6.00. The van der Waals surface area contributed by atoms with E-state index in [1.54, 1.807) is 0 Å². The minimum Gasteiger partial charge on any atom is -0.412 e. The van der Waals surface area contributed by atoms with Gasteiger partial charge in [-0.15, -0.1) is 0 Å². The first-order valence-corrected chi connectivity index (χ1v) is 10.00. The van der Waals surface area contributed by atoms with Crippen LogP contribution in [-0.2, 0) is 11.0 Å². The largest absolute Gasteiger partial charge is 0.412 e. The molecule has 0 unspecified atom stereocenters. The van der Waals surface area contributed by atoms with E-state index in [0.29, 0.717) is 23.9 Å². The lowest BCUT2D eigenvalue weighted by Gasteiger charge is -2.26. The molecule has 0 bridgehead atoms. The maximum absolute atomic E-state index is 14.6. The molecule has 1 saturated heterocycles. The van der Waals surface area contributed by atoms with E-state index in [1.807, 2.05) is 18.2 Å². The monoisotopic (exact) mass is 323 g/mol. The van der Waals surface area contributed by atoms with E-state index < -0.39 is 9.04 Å². The molecule has 1 aliphatic rings. The average molecular weight is 324 g/mol. The fourth-order valence-corrected chi connectivity index (χ4v) is 3.20. The molecule has 1 aromatic carbocycles. The highest BCUT2D eigenvalue weighted by atomic mass is 28.3. The Morgan fingerprint density at radius 3 is 2.64 bits per heavy atom. The summed E-state index contributed by atoms with van der Waals surface area (Å²) in [6, 6.07) is 5.90. The summed E-state index contributed by atoms with van der Waals surface area (Å²) in [5.74, 6) is -0.162. The van der Waals surface area contributed by atoms with Crippen LogP contribution in [0, 0.1) is 5.82 Å². The molecule has 2 N–H and O–H groups in total. The van der Waals surface area contributed by atoms with Crippen LogP contribution < -0.4 is 10.6 Å². The minimum atomic E-state index is -0.954. The molecule has 2 rings (SSSR count). The van der Waals surface area contributed by atoms with Gasteiger partial charge in [0.05, 0.1) is 12.3 Å². The molecule has 1 aliphatic heterocycles. The number of nitrogens with one attached hydrogen (secondary N) is 2. The van der Waals surface area contributed by atoms with Crippen LogP contribution in [0.15, 0.2) is 18.2 Å². The zero-order valence-corrected chi connectivity index (χ0v) is 15.1. The molecule has 0 aromatic heterocycles. The van der Waals surface area contributed by atoms with Crippen LogP contribution in [0.1, 0.15) is 39.2 Å². The number of benzene rings is 1. The third-order valence-electron chi connectivity index (χ3n) is 4.28. The Hall–Kier alpha value is -0.913. The smallest absolute Gasteiger partial charge is 0.214 e. The van der Waals surface area contributed by atoms with Gasteiger partial charge in [-0.2, -0.15) is 0 Å². The second-order valence-electron chi connectivity index (χ2n) is 7.04. The first kappa shape index (κ1) is 17.4. The molecule has 3 nitrogen and oxygen atoms in total. The second kappa shape index (κ2) is 7.57. The number of rotatable bonds is 5. The maximum atomic E-state index is 14.6. The molecule has 1 radical (unpaired) electrons. The predicted octanol–water partition coefficient (Wildman–Crippen LogP) is 3.93. The number of hydrogen-bond donors (Lipinski definition) is 2. The Morgan fingerprint density at radius 1 is 1.32 bits per heavy atom. The fourth-order valence-electron chi connectivity index (χ4n) is 2.39. The summed E-state index contributed by atoms with van der Waals surface area (Å²) < 4.78 is 20.6. The van der Waals surface area contributed by atoms with Crippen LogP contribution in [0.3, 0.4) is 0 Å². The van der Waals surface area contributed by atoms with E-state index in [4.69, 9.17) is 4.43 Å². The van der Waals surface area contributed by atoms with Crippen molar-refractivity contribution < 1.29 is 8.82 Å². The molecule has 5 heteroatoms. The average Bonchev–Trinajstić information content (AvgIpc) is 2.48. The van der Waals surface area contributed by atoms with Gasteiger partial charge >= 0.3 is 0 Å². The number of anilines is 1. The van der Waals surface area contributed by atoms with Gasteiger partial charge in [-0.1, -0.05) is 32.9 Å². The van der Waals surface area contributed by atoms with Gasteiger partial charge in [0.2, 0.25) is 9.04 Å². The highest BCUT2D eigenvalue weighted by Crippen LogP contribution is 2.28. The zero-order valence-electron chi connectivity index (χ0n) is 14.1. The SMILES string of the molecule is C[Si](OCc1cccc(NC2CCNCC2)c1F)C(C)(C)C. The first-order chi connectivity index (χ1) is 10.4. The summed E-state index contributed by atoms with van der Waals surface area (Å²) >= 11 is 0. The highest BCUT2D eigenvalue weighted by molar-refractivity contribution is 6.53. The van der Waals surface area contributed by atoms with Crippen molar-refractivity contribution in [1.29, 1.82) is 0 Å². The molecule has 1 fully saturated rings. The van der Waals surface area contributed by atoms with E-state index in [2.05, 4.69) is 38.0 Å². The lowest BCUT2D eigenvalue weighted by Crippen LogP contribution is -2.35. The zero-order chi connectivity index (χ0) is 16.2. The molecular weight excluding hydrogens is 295 g/mol. The molecule has 0 saturated carbocycles. The molecule has 1 heterocycles. The van der Waals surface area contributed by atoms with Crippen molar-refractivity contribution >= 4 is 14.7 Å². The van der Waals surface area contributed by atoms with Crippen LogP contribution in [0.4, 0.5) is 10.1 Å². The van der Waals surface area contributed by atoms with Crippen LogP contribution >= 0.6 is 0 Å². The van der Waals surface area contributed by atoms with E-state index in [-0.39, 0.29) is 10.9 Å². The van der Waals surface area contributed by atoms with Crippen LogP contribution in [0.25, 0.3) is 0 Å². The van der Waals surface area contributed by atoms with Gasteiger partial charge in [0.1, 0.15) is 0 Å². The predicted molar refractivity (Wildman–Crippen MR) is 92.0 cm³/mol. The summed E-state index contributed by atoms with van der Waals surface area (Å²) in [6.07, 6.45) is 2.07. The van der Waals surface area contributed by atoms with Crippen LogP contribution in [-0.4, -0.2) is 28.2 Å². The maximum Gasteiger partial charge on any atom is 0.214 e. The van der Waals surface area contributed by atoms with Gasteiger partial charge in [0, 0.05) is 11.6 Å². The molecule has 123 valence electrons. The van der Waals surface area contributed by atoms with Crippen molar-refractivity contribution in [2.45, 2.75) is 57.8 Å². The summed E-state index contributed by atoms with van der Waals surface area (Å²) in [6.45, 7) is 11.0. The third kappa shape index (κ3) is 4.79. The van der Waals surface area contributed by atoms with Crippen molar-refractivity contribution in [3.8, 4) is 0 Å². The molecule has 1 aromatic rings. The van der Waals surface area contributed by atoms with Gasteiger partial charge in [-0.05, 0) is 43.6 Å².